The van der Waals surface area contributed by atoms with Crippen molar-refractivity contribution in [1.29, 1.82) is 0 Å². The molecule has 43 heavy (non-hydrogen) atoms. The summed E-state index contributed by atoms with van der Waals surface area (Å²) in [5.74, 6) is 18.7. The second-order valence-electron chi connectivity index (χ2n) is 10.0. The van der Waals surface area contributed by atoms with Crippen LogP contribution in [0.4, 0.5) is 0 Å². The Hall–Kier alpha value is -5.82. The molecule has 0 bridgehead atoms. The summed E-state index contributed by atoms with van der Waals surface area (Å²) in [6.45, 7) is 10.8. The molecule has 0 aromatic heterocycles. The van der Waals surface area contributed by atoms with Crippen LogP contribution in [-0.4, -0.2) is 11.8 Å². The van der Waals surface area contributed by atoms with Gasteiger partial charge in [0.2, 0.25) is 0 Å². The highest BCUT2D eigenvalue weighted by atomic mass is 16.5. The standard InChI is InChI=1S/C40H30O3/c1-29(2)39(41)27-37-23-19-35(20-24-37)17-15-33-11-7-31(8-12-33)5-6-32-9-13-34(14-10-32)16-18-36-21-25-38(26-22-36)28-43-40(42)30(3)4/h7-14,19-26H,1,3,27-28H2,2,4H3. The number of ether oxygens (including phenoxy) is 1. The number of carbonyl (C=O) groups is 2. The van der Waals surface area contributed by atoms with Crippen LogP contribution in [0.15, 0.2) is 121 Å². The summed E-state index contributed by atoms with van der Waals surface area (Å²) in [6, 6.07) is 30.9. The van der Waals surface area contributed by atoms with E-state index in [1.54, 1.807) is 13.8 Å². The smallest absolute Gasteiger partial charge is 0.333 e. The molecular formula is C40H30O3. The van der Waals surface area contributed by atoms with Crippen LogP contribution in [0.1, 0.15) is 58.4 Å². The fourth-order valence-corrected chi connectivity index (χ4v) is 3.71. The summed E-state index contributed by atoms with van der Waals surface area (Å²) >= 11 is 0. The van der Waals surface area contributed by atoms with Gasteiger partial charge >= 0.3 is 5.97 Å². The molecule has 0 spiro atoms. The Kier molecular flexibility index (Phi) is 10.3. The summed E-state index contributed by atoms with van der Waals surface area (Å²) in [6.07, 6.45) is 0.360. The summed E-state index contributed by atoms with van der Waals surface area (Å²) in [5, 5.41) is 0. The molecule has 0 aliphatic rings. The number of carbonyl (C=O) groups excluding carboxylic acids is 2. The quantitative estimate of drug-likeness (QED) is 0.143. The van der Waals surface area contributed by atoms with Gasteiger partial charge < -0.3 is 4.74 Å². The van der Waals surface area contributed by atoms with Crippen molar-refractivity contribution in [3.63, 3.8) is 0 Å². The monoisotopic (exact) mass is 558 g/mol. The molecule has 0 fully saturated rings. The topological polar surface area (TPSA) is 43.4 Å². The van der Waals surface area contributed by atoms with E-state index in [9.17, 15) is 9.59 Å². The number of ketones is 1. The van der Waals surface area contributed by atoms with Gasteiger partial charge in [0, 0.05) is 45.4 Å². The first-order valence-corrected chi connectivity index (χ1v) is 13.7. The number of rotatable bonds is 6. The van der Waals surface area contributed by atoms with Gasteiger partial charge in [-0.25, -0.2) is 4.79 Å². The summed E-state index contributed by atoms with van der Waals surface area (Å²) in [4.78, 5) is 23.4. The molecule has 0 aliphatic carbocycles. The molecule has 3 nitrogen and oxygen atoms in total. The van der Waals surface area contributed by atoms with E-state index >= 15 is 0 Å². The van der Waals surface area contributed by atoms with Gasteiger partial charge in [0.05, 0.1) is 0 Å². The lowest BCUT2D eigenvalue weighted by molar-refractivity contribution is -0.140. The van der Waals surface area contributed by atoms with Crippen molar-refractivity contribution in [2.45, 2.75) is 26.9 Å². The third-order valence-corrected chi connectivity index (χ3v) is 6.29. The lowest BCUT2D eigenvalue weighted by atomic mass is 10.0. The van der Waals surface area contributed by atoms with Crippen molar-refractivity contribution < 1.29 is 14.3 Å². The molecule has 0 radical (unpaired) electrons. The van der Waals surface area contributed by atoms with Crippen molar-refractivity contribution in [2.24, 2.45) is 0 Å². The molecule has 0 aliphatic heterocycles. The first kappa shape index (κ1) is 30.1. The lowest BCUT2D eigenvalue weighted by Crippen LogP contribution is -2.04. The van der Waals surface area contributed by atoms with E-state index in [1.807, 2.05) is 97.1 Å². The van der Waals surface area contributed by atoms with Crippen molar-refractivity contribution in [3.8, 4) is 35.5 Å². The molecule has 0 atom stereocenters. The van der Waals surface area contributed by atoms with E-state index in [0.29, 0.717) is 17.6 Å². The van der Waals surface area contributed by atoms with E-state index in [-0.39, 0.29) is 12.4 Å². The molecule has 0 saturated carbocycles. The van der Waals surface area contributed by atoms with Crippen LogP contribution >= 0.6 is 0 Å². The lowest BCUT2D eigenvalue weighted by Gasteiger charge is -2.04. The molecule has 4 aromatic carbocycles. The van der Waals surface area contributed by atoms with Crippen LogP contribution in [0.3, 0.4) is 0 Å². The Labute approximate surface area is 253 Å². The zero-order valence-corrected chi connectivity index (χ0v) is 24.3. The van der Waals surface area contributed by atoms with Gasteiger partial charge in [0.15, 0.2) is 5.78 Å². The minimum absolute atomic E-state index is 0.0469. The molecule has 4 aromatic rings. The van der Waals surface area contributed by atoms with Crippen LogP contribution in [0.5, 0.6) is 0 Å². The Morgan fingerprint density at radius 1 is 0.512 bits per heavy atom. The number of Topliss-reactive ketones (excluding diaryl/α,β-unsaturated/α-hetero) is 1. The SMILES string of the molecule is C=C(C)C(=O)Cc1ccc(C#Cc2ccc(C#Cc3ccc(C#Cc4ccc(COC(=O)C(=C)C)cc4)cc3)cc2)cc1. The van der Waals surface area contributed by atoms with E-state index < -0.39 is 5.97 Å². The van der Waals surface area contributed by atoms with E-state index in [1.165, 1.54) is 0 Å². The van der Waals surface area contributed by atoms with E-state index in [2.05, 4.69) is 48.7 Å². The fraction of sp³-hybridized carbons (Fsp3) is 0.100. The molecular weight excluding hydrogens is 528 g/mol. The van der Waals surface area contributed by atoms with Crippen molar-refractivity contribution in [1.82, 2.24) is 0 Å². The van der Waals surface area contributed by atoms with Gasteiger partial charge in [-0.3, -0.25) is 4.79 Å². The molecule has 0 unspecified atom stereocenters. The van der Waals surface area contributed by atoms with Gasteiger partial charge in [-0.05, 0) is 103 Å². The van der Waals surface area contributed by atoms with Gasteiger partial charge in [-0.15, -0.1) is 0 Å². The van der Waals surface area contributed by atoms with Crippen LogP contribution in [0.25, 0.3) is 0 Å². The normalized spacial score (nSPS) is 9.63. The van der Waals surface area contributed by atoms with Gasteiger partial charge in [-0.2, -0.15) is 0 Å². The average molecular weight is 559 g/mol. The molecule has 0 heterocycles. The largest absolute Gasteiger partial charge is 0.457 e. The second-order valence-corrected chi connectivity index (χ2v) is 10.0. The maximum absolute atomic E-state index is 11.8. The van der Waals surface area contributed by atoms with Crippen LogP contribution < -0.4 is 0 Å². The highest BCUT2D eigenvalue weighted by Gasteiger charge is 2.04. The van der Waals surface area contributed by atoms with Crippen LogP contribution in [0, 0.1) is 35.5 Å². The van der Waals surface area contributed by atoms with Crippen molar-refractivity contribution in [3.05, 3.63) is 166 Å². The van der Waals surface area contributed by atoms with Gasteiger partial charge in [0.25, 0.3) is 0 Å². The summed E-state index contributed by atoms with van der Waals surface area (Å²) < 4.78 is 5.16. The van der Waals surface area contributed by atoms with Crippen molar-refractivity contribution >= 4 is 11.8 Å². The minimum atomic E-state index is -0.398. The van der Waals surface area contributed by atoms with Gasteiger partial charge in [0.1, 0.15) is 6.61 Å². The number of allylic oxidation sites excluding steroid dienone is 1. The van der Waals surface area contributed by atoms with Crippen molar-refractivity contribution in [2.75, 3.05) is 0 Å². The Balaban J connectivity index is 1.31. The number of esters is 1. The third-order valence-electron chi connectivity index (χ3n) is 6.29. The number of hydrogen-bond donors (Lipinski definition) is 0. The average Bonchev–Trinajstić information content (AvgIpc) is 3.02. The predicted octanol–water partition coefficient (Wildman–Crippen LogP) is 7.19. The highest BCUT2D eigenvalue weighted by molar-refractivity contribution is 5.95. The number of benzene rings is 4. The molecule has 0 amide bonds. The molecule has 208 valence electrons. The van der Waals surface area contributed by atoms with E-state index in [4.69, 9.17) is 4.74 Å². The Morgan fingerprint density at radius 3 is 1.12 bits per heavy atom. The molecule has 3 heteroatoms. The second kappa shape index (κ2) is 14.7. The Morgan fingerprint density at radius 2 is 0.814 bits per heavy atom. The Bertz CT molecular complexity index is 1840. The number of hydrogen-bond acceptors (Lipinski definition) is 3. The first-order valence-electron chi connectivity index (χ1n) is 13.7. The first-order chi connectivity index (χ1) is 20.7. The maximum atomic E-state index is 11.8. The van der Waals surface area contributed by atoms with Crippen LogP contribution in [-0.2, 0) is 27.4 Å². The molecule has 0 N–H and O–H groups in total. The molecule has 4 rings (SSSR count). The van der Waals surface area contributed by atoms with Crippen LogP contribution in [0.2, 0.25) is 0 Å². The maximum Gasteiger partial charge on any atom is 0.333 e. The molecule has 0 saturated heterocycles. The zero-order chi connectivity index (χ0) is 30.6. The third kappa shape index (κ3) is 9.65. The summed E-state index contributed by atoms with van der Waals surface area (Å²) in [7, 11) is 0. The predicted molar refractivity (Wildman–Crippen MR) is 172 cm³/mol. The van der Waals surface area contributed by atoms with E-state index in [0.717, 1.165) is 44.5 Å². The summed E-state index contributed by atoms with van der Waals surface area (Å²) in [5.41, 5.74) is 8.14. The zero-order valence-electron chi connectivity index (χ0n) is 24.3. The van der Waals surface area contributed by atoms with Gasteiger partial charge in [-0.1, -0.05) is 72.9 Å². The highest BCUT2D eigenvalue weighted by Crippen LogP contribution is 2.10. The minimum Gasteiger partial charge on any atom is -0.457 e. The fourth-order valence-electron chi connectivity index (χ4n) is 3.71.